The molecule has 0 amide bonds. The maximum absolute atomic E-state index is 6.17. The van der Waals surface area contributed by atoms with Crippen LogP contribution in [-0.4, -0.2) is 21.3 Å². The summed E-state index contributed by atoms with van der Waals surface area (Å²) in [6, 6.07) is 23.5. The minimum absolute atomic E-state index is 0.0611. The topological polar surface area (TPSA) is 27.7 Å². The first-order chi connectivity index (χ1) is 23.3. The van der Waals surface area contributed by atoms with Crippen molar-refractivity contribution in [1.82, 2.24) is 0 Å². The first kappa shape index (κ1) is 46.5. The van der Waals surface area contributed by atoms with E-state index in [-0.39, 0.29) is 21.7 Å². The molecule has 4 aromatic rings. The lowest BCUT2D eigenvalue weighted by molar-refractivity contribution is 0.412. The van der Waals surface area contributed by atoms with E-state index in [0.717, 1.165) is 54.0 Å². The van der Waals surface area contributed by atoms with Crippen LogP contribution in [0.5, 0.6) is 17.2 Å². The molecule has 0 radical (unpaired) electrons. The number of benzene rings is 4. The molecule has 282 valence electrons. The molecule has 0 unspecified atom stereocenters. The van der Waals surface area contributed by atoms with Gasteiger partial charge >= 0.3 is 0 Å². The predicted molar refractivity (Wildman–Crippen MR) is 225 cm³/mol. The third-order valence-corrected chi connectivity index (χ3v) is 9.23. The van der Waals surface area contributed by atoms with Crippen LogP contribution in [0.3, 0.4) is 0 Å². The Labute approximate surface area is 329 Å². The summed E-state index contributed by atoms with van der Waals surface area (Å²) in [5.41, 5.74) is 6.43. The molecule has 51 heavy (non-hydrogen) atoms. The van der Waals surface area contributed by atoms with Crippen LogP contribution in [0.4, 0.5) is 0 Å². The zero-order valence-electron chi connectivity index (χ0n) is 33.7. The lowest BCUT2D eigenvalue weighted by Crippen LogP contribution is -2.12. The molecule has 0 aliphatic heterocycles. The van der Waals surface area contributed by atoms with Gasteiger partial charge in [0, 0.05) is 15.1 Å². The fraction of sp³-hybridized carbons (Fsp3) is 0.455. The van der Waals surface area contributed by atoms with Crippen molar-refractivity contribution in [2.24, 2.45) is 0 Å². The lowest BCUT2D eigenvalue weighted by Gasteiger charge is -2.21. The predicted octanol–water partition coefficient (Wildman–Crippen LogP) is 14.9. The Morgan fingerprint density at radius 3 is 1.35 bits per heavy atom. The van der Waals surface area contributed by atoms with Crippen molar-refractivity contribution in [3.8, 4) is 17.2 Å². The SMILES string of the molecule is COc1ccc(C(C)(C)C)c(Cl)c1.COc1ccc(Cl)c(C(C)(C)C)c1.COc1cccc(C(C)(C)C)c1Cl.Cc1ccc(Cl)cc1C(C)(C)C. The van der Waals surface area contributed by atoms with Gasteiger partial charge < -0.3 is 14.2 Å². The summed E-state index contributed by atoms with van der Waals surface area (Å²) in [4.78, 5) is 0. The van der Waals surface area contributed by atoms with Crippen molar-refractivity contribution in [2.45, 2.75) is 112 Å². The Hall–Kier alpha value is -2.56. The van der Waals surface area contributed by atoms with E-state index in [1.165, 1.54) is 11.1 Å². The minimum atomic E-state index is 0.0611. The number of halogens is 4. The summed E-state index contributed by atoms with van der Waals surface area (Å²) in [6.07, 6.45) is 0. The third-order valence-electron chi connectivity index (χ3n) is 7.96. The molecule has 0 aromatic heterocycles. The average Bonchev–Trinajstić information content (AvgIpc) is 3.01. The molecule has 0 aliphatic rings. The van der Waals surface area contributed by atoms with Gasteiger partial charge in [-0.3, -0.25) is 0 Å². The Kier molecular flexibility index (Phi) is 17.8. The van der Waals surface area contributed by atoms with Crippen molar-refractivity contribution >= 4 is 46.4 Å². The summed E-state index contributed by atoms with van der Waals surface area (Å²) in [5.74, 6) is 2.40. The van der Waals surface area contributed by atoms with Crippen LogP contribution in [0.2, 0.25) is 20.1 Å². The second-order valence-electron chi connectivity index (χ2n) is 16.5. The van der Waals surface area contributed by atoms with Gasteiger partial charge in [-0.25, -0.2) is 0 Å². The van der Waals surface area contributed by atoms with Crippen LogP contribution < -0.4 is 14.2 Å². The molecule has 0 heterocycles. The van der Waals surface area contributed by atoms with Gasteiger partial charge in [0.2, 0.25) is 0 Å². The van der Waals surface area contributed by atoms with E-state index in [4.69, 9.17) is 60.6 Å². The maximum Gasteiger partial charge on any atom is 0.137 e. The van der Waals surface area contributed by atoms with Crippen molar-refractivity contribution in [1.29, 1.82) is 0 Å². The number of methoxy groups -OCH3 is 3. The smallest absolute Gasteiger partial charge is 0.137 e. The Morgan fingerprint density at radius 2 is 0.922 bits per heavy atom. The number of rotatable bonds is 3. The van der Waals surface area contributed by atoms with Crippen LogP contribution in [-0.2, 0) is 21.7 Å². The Bertz CT molecular complexity index is 1670. The van der Waals surface area contributed by atoms with Crippen LogP contribution in [0.15, 0.2) is 72.8 Å². The maximum atomic E-state index is 6.17. The van der Waals surface area contributed by atoms with Gasteiger partial charge in [0.15, 0.2) is 0 Å². The fourth-order valence-electron chi connectivity index (χ4n) is 5.09. The van der Waals surface area contributed by atoms with Gasteiger partial charge in [-0.1, -0.05) is 154 Å². The summed E-state index contributed by atoms with van der Waals surface area (Å²) in [5, 5.41) is 3.11. The van der Waals surface area contributed by atoms with Gasteiger partial charge in [0.25, 0.3) is 0 Å². The van der Waals surface area contributed by atoms with E-state index in [0.29, 0.717) is 0 Å². The van der Waals surface area contributed by atoms with Gasteiger partial charge in [0.05, 0.1) is 26.4 Å². The molecule has 0 N–H and O–H groups in total. The molecule has 7 heteroatoms. The highest BCUT2D eigenvalue weighted by Crippen LogP contribution is 2.36. The Balaban J connectivity index is 0.000000340. The first-order valence-electron chi connectivity index (χ1n) is 17.1. The van der Waals surface area contributed by atoms with E-state index in [1.54, 1.807) is 21.3 Å². The van der Waals surface area contributed by atoms with Crippen molar-refractivity contribution < 1.29 is 14.2 Å². The quantitative estimate of drug-likeness (QED) is 0.207. The van der Waals surface area contributed by atoms with Crippen LogP contribution in [0.25, 0.3) is 0 Å². The monoisotopic (exact) mass is 776 g/mol. The van der Waals surface area contributed by atoms with Gasteiger partial charge in [-0.15, -0.1) is 0 Å². The van der Waals surface area contributed by atoms with Crippen molar-refractivity contribution in [3.63, 3.8) is 0 Å². The molecule has 3 nitrogen and oxygen atoms in total. The largest absolute Gasteiger partial charge is 0.497 e. The molecule has 0 saturated carbocycles. The highest BCUT2D eigenvalue weighted by Gasteiger charge is 2.20. The highest BCUT2D eigenvalue weighted by atomic mass is 35.5. The summed E-state index contributed by atoms with van der Waals surface area (Å²) >= 11 is 24.3. The van der Waals surface area contributed by atoms with Crippen molar-refractivity contribution in [3.05, 3.63) is 121 Å². The van der Waals surface area contributed by atoms with E-state index < -0.39 is 0 Å². The van der Waals surface area contributed by atoms with Crippen LogP contribution >= 0.6 is 46.4 Å². The van der Waals surface area contributed by atoms with Gasteiger partial charge in [-0.05, 0) is 105 Å². The van der Waals surface area contributed by atoms with E-state index in [1.807, 2.05) is 60.7 Å². The molecular formula is C44H60Cl4O3. The first-order valence-corrected chi connectivity index (χ1v) is 18.6. The van der Waals surface area contributed by atoms with Crippen molar-refractivity contribution in [2.75, 3.05) is 21.3 Å². The van der Waals surface area contributed by atoms with Crippen LogP contribution in [0.1, 0.15) is 111 Å². The number of aryl methyl sites for hydroxylation is 1. The second kappa shape index (κ2) is 19.5. The fourth-order valence-corrected chi connectivity index (χ4v) is 6.60. The van der Waals surface area contributed by atoms with Gasteiger partial charge in [0.1, 0.15) is 17.2 Å². The second-order valence-corrected chi connectivity index (χ2v) is 18.1. The minimum Gasteiger partial charge on any atom is -0.497 e. The lowest BCUT2D eigenvalue weighted by atomic mass is 9.84. The molecule has 0 aliphatic carbocycles. The molecule has 0 spiro atoms. The number of ether oxygens (including phenoxy) is 3. The molecular weight excluding hydrogens is 718 g/mol. The zero-order valence-corrected chi connectivity index (χ0v) is 36.7. The molecule has 0 fully saturated rings. The molecule has 0 saturated heterocycles. The summed E-state index contributed by atoms with van der Waals surface area (Å²) < 4.78 is 15.4. The summed E-state index contributed by atoms with van der Waals surface area (Å²) in [6.45, 7) is 27.9. The Morgan fingerprint density at radius 1 is 0.431 bits per heavy atom. The molecule has 0 bridgehead atoms. The van der Waals surface area contributed by atoms with E-state index in [2.05, 4.69) is 102 Å². The summed E-state index contributed by atoms with van der Waals surface area (Å²) in [7, 11) is 4.94. The average molecular weight is 779 g/mol. The zero-order chi connectivity index (χ0) is 39.5. The van der Waals surface area contributed by atoms with Gasteiger partial charge in [-0.2, -0.15) is 0 Å². The third kappa shape index (κ3) is 15.1. The highest BCUT2D eigenvalue weighted by molar-refractivity contribution is 6.33. The molecule has 4 aromatic carbocycles. The number of hydrogen-bond donors (Lipinski definition) is 0. The standard InChI is InChI=1S/3C11H15ClO.C11H15Cl/c1-11(2,3)9-7-8(13-4)5-6-10(9)12;1-11(2,3)9-6-5-8(13-4)7-10(9)12;1-11(2,3)8-6-5-7-9(13-4)10(8)12;1-8-5-6-9(12)7-10(8)11(2,3)4/h3*5-7H,1-4H3;5-7H,1-4H3. The molecule has 0 atom stereocenters. The van der Waals surface area contributed by atoms with E-state index in [9.17, 15) is 0 Å². The number of hydrogen-bond acceptors (Lipinski definition) is 3. The molecule has 4 rings (SSSR count). The van der Waals surface area contributed by atoms with E-state index >= 15 is 0 Å². The van der Waals surface area contributed by atoms with Crippen LogP contribution in [0, 0.1) is 6.92 Å². The normalized spacial score (nSPS) is 11.5.